The van der Waals surface area contributed by atoms with Crippen molar-refractivity contribution in [3.05, 3.63) is 51.7 Å². The number of ether oxygens (including phenoxy) is 1. The first-order valence-corrected chi connectivity index (χ1v) is 10.6. The SMILES string of the molecule is CC1(CN2CCC(NCCc3ccc(C(F)(F)F)cc3)CC2)Cn2cc([N+](=O)[O-])nc2O1. The maximum absolute atomic E-state index is 12.6. The number of likely N-dealkylation sites (tertiary alicyclic amines) is 1. The van der Waals surface area contributed by atoms with Gasteiger partial charge in [0.15, 0.2) is 0 Å². The summed E-state index contributed by atoms with van der Waals surface area (Å²) in [6.45, 7) is 5.74. The molecule has 1 aromatic heterocycles. The fourth-order valence-electron chi connectivity index (χ4n) is 4.41. The molecule has 1 saturated heterocycles. The third-order valence-electron chi connectivity index (χ3n) is 6.03. The molecule has 2 aromatic rings. The van der Waals surface area contributed by atoms with Crippen molar-refractivity contribution in [3.63, 3.8) is 0 Å². The predicted octanol–water partition coefficient (Wildman–Crippen LogP) is 3.26. The maximum atomic E-state index is 12.6. The topological polar surface area (TPSA) is 85.5 Å². The molecule has 2 aliphatic heterocycles. The largest absolute Gasteiger partial charge is 0.436 e. The van der Waals surface area contributed by atoms with E-state index in [1.165, 1.54) is 18.3 Å². The lowest BCUT2D eigenvalue weighted by Crippen LogP contribution is -2.50. The van der Waals surface area contributed by atoms with Crippen LogP contribution in [0.15, 0.2) is 30.5 Å². The molecule has 11 heteroatoms. The number of piperidine rings is 1. The Balaban J connectivity index is 1.18. The van der Waals surface area contributed by atoms with Gasteiger partial charge in [-0.25, -0.2) is 0 Å². The van der Waals surface area contributed by atoms with Crippen LogP contribution in [0.5, 0.6) is 6.01 Å². The smallest absolute Gasteiger partial charge is 0.416 e. The van der Waals surface area contributed by atoms with Crippen LogP contribution in [0.1, 0.15) is 30.9 Å². The van der Waals surface area contributed by atoms with Gasteiger partial charge in [0.05, 0.1) is 12.1 Å². The van der Waals surface area contributed by atoms with Crippen molar-refractivity contribution in [3.8, 4) is 6.01 Å². The second-order valence-corrected chi connectivity index (χ2v) is 8.77. The highest BCUT2D eigenvalue weighted by Gasteiger charge is 2.41. The van der Waals surface area contributed by atoms with Gasteiger partial charge in [0, 0.05) is 17.6 Å². The van der Waals surface area contributed by atoms with E-state index < -0.39 is 22.3 Å². The number of alkyl halides is 3. The number of halogens is 3. The van der Waals surface area contributed by atoms with Crippen molar-refractivity contribution >= 4 is 5.82 Å². The van der Waals surface area contributed by atoms with E-state index in [4.69, 9.17) is 4.74 Å². The highest BCUT2D eigenvalue weighted by Crippen LogP contribution is 2.32. The molecule has 2 aliphatic rings. The molecule has 1 atom stereocenters. The Morgan fingerprint density at radius 2 is 1.97 bits per heavy atom. The van der Waals surface area contributed by atoms with Crippen LogP contribution in [-0.2, 0) is 19.1 Å². The van der Waals surface area contributed by atoms with Crippen LogP contribution in [0, 0.1) is 10.1 Å². The Kier molecular flexibility index (Phi) is 6.13. The van der Waals surface area contributed by atoms with Crippen molar-refractivity contribution in [2.75, 3.05) is 26.2 Å². The average molecular weight is 453 g/mol. The van der Waals surface area contributed by atoms with E-state index in [1.807, 2.05) is 6.92 Å². The van der Waals surface area contributed by atoms with Crippen molar-refractivity contribution < 1.29 is 22.8 Å². The molecule has 0 bridgehead atoms. The first-order valence-electron chi connectivity index (χ1n) is 10.6. The summed E-state index contributed by atoms with van der Waals surface area (Å²) >= 11 is 0. The zero-order valence-electron chi connectivity index (χ0n) is 17.8. The predicted molar refractivity (Wildman–Crippen MR) is 111 cm³/mol. The second-order valence-electron chi connectivity index (χ2n) is 8.77. The number of nitro groups is 1. The van der Waals surface area contributed by atoms with Gasteiger partial charge in [0.2, 0.25) is 0 Å². The van der Waals surface area contributed by atoms with Crippen molar-refractivity contribution in [1.82, 2.24) is 19.8 Å². The third-order valence-corrected chi connectivity index (χ3v) is 6.03. The Morgan fingerprint density at radius 1 is 1.28 bits per heavy atom. The summed E-state index contributed by atoms with van der Waals surface area (Å²) in [6.07, 6.45) is -0.267. The summed E-state index contributed by atoms with van der Waals surface area (Å²) in [5.41, 5.74) is -0.212. The van der Waals surface area contributed by atoms with Gasteiger partial charge in [-0.3, -0.25) is 9.47 Å². The number of imidazole rings is 1. The molecule has 1 unspecified atom stereocenters. The van der Waals surface area contributed by atoms with Crippen LogP contribution in [0.3, 0.4) is 0 Å². The Hall–Kier alpha value is -2.66. The standard InChI is InChI=1S/C21H26F3N5O3/c1-20(14-28-12-18(29(30)31)26-19(28)32-20)13-27-10-7-17(8-11-27)25-9-6-15-2-4-16(5-3-15)21(22,23)24/h2-5,12,17,25H,6-11,13-14H2,1H3. The minimum absolute atomic E-state index is 0.203. The fourth-order valence-corrected chi connectivity index (χ4v) is 4.41. The van der Waals surface area contributed by atoms with Gasteiger partial charge in [-0.05, 0) is 68.4 Å². The summed E-state index contributed by atoms with van der Waals surface area (Å²) in [6, 6.07) is 5.99. The van der Waals surface area contributed by atoms with E-state index in [-0.39, 0.29) is 5.82 Å². The molecule has 3 heterocycles. The molecule has 0 radical (unpaired) electrons. The zero-order chi connectivity index (χ0) is 22.9. The summed E-state index contributed by atoms with van der Waals surface area (Å²) in [4.78, 5) is 16.6. The lowest BCUT2D eigenvalue weighted by molar-refractivity contribution is -0.389. The van der Waals surface area contributed by atoms with Crippen molar-refractivity contribution in [1.29, 1.82) is 0 Å². The molecule has 0 spiro atoms. The number of hydrogen-bond acceptors (Lipinski definition) is 6. The zero-order valence-corrected chi connectivity index (χ0v) is 17.8. The van der Waals surface area contributed by atoms with Gasteiger partial charge in [-0.15, -0.1) is 0 Å². The molecule has 0 aliphatic carbocycles. The molecule has 174 valence electrons. The molecule has 1 N–H and O–H groups in total. The Bertz CT molecular complexity index is 929. The maximum Gasteiger partial charge on any atom is 0.416 e. The molecule has 0 amide bonds. The molecule has 32 heavy (non-hydrogen) atoms. The first kappa shape index (κ1) is 22.5. The van der Waals surface area contributed by atoms with Gasteiger partial charge >= 0.3 is 18.0 Å². The number of nitrogens with one attached hydrogen (secondary N) is 1. The highest BCUT2D eigenvalue weighted by atomic mass is 19.4. The van der Waals surface area contributed by atoms with E-state index in [1.54, 1.807) is 4.57 Å². The van der Waals surface area contributed by atoms with Crippen LogP contribution in [0.25, 0.3) is 0 Å². The highest BCUT2D eigenvalue weighted by molar-refractivity contribution is 5.25. The molecule has 8 nitrogen and oxygen atoms in total. The van der Waals surface area contributed by atoms with Gasteiger partial charge in [-0.1, -0.05) is 12.1 Å². The Labute approximate surface area is 183 Å². The normalized spacial score (nSPS) is 22.0. The molecular formula is C21H26F3N5O3. The van der Waals surface area contributed by atoms with E-state index in [0.29, 0.717) is 31.6 Å². The lowest BCUT2D eigenvalue weighted by Gasteiger charge is -2.36. The number of benzene rings is 1. The summed E-state index contributed by atoms with van der Waals surface area (Å²) in [7, 11) is 0. The van der Waals surface area contributed by atoms with E-state index >= 15 is 0 Å². The number of hydrogen-bond donors (Lipinski definition) is 1. The van der Waals surface area contributed by atoms with Crippen LogP contribution < -0.4 is 10.1 Å². The van der Waals surface area contributed by atoms with E-state index in [2.05, 4.69) is 15.2 Å². The van der Waals surface area contributed by atoms with Gasteiger partial charge in [0.1, 0.15) is 11.8 Å². The monoisotopic (exact) mass is 453 g/mol. The summed E-state index contributed by atoms with van der Waals surface area (Å²) in [5.74, 6) is -0.203. The van der Waals surface area contributed by atoms with Crippen molar-refractivity contribution in [2.24, 2.45) is 0 Å². The second kappa shape index (κ2) is 8.70. The molecule has 4 rings (SSSR count). The van der Waals surface area contributed by atoms with Gasteiger partial charge in [-0.2, -0.15) is 13.2 Å². The first-order chi connectivity index (χ1) is 15.1. The van der Waals surface area contributed by atoms with Crippen LogP contribution in [0.2, 0.25) is 0 Å². The van der Waals surface area contributed by atoms with E-state index in [9.17, 15) is 23.3 Å². The molecule has 0 saturated carbocycles. The third kappa shape index (κ3) is 5.21. The minimum atomic E-state index is -4.30. The average Bonchev–Trinajstić information content (AvgIpc) is 3.24. The lowest BCUT2D eigenvalue weighted by atomic mass is 10.0. The molecular weight excluding hydrogens is 427 g/mol. The van der Waals surface area contributed by atoms with Crippen LogP contribution >= 0.6 is 0 Å². The number of fused-ring (bicyclic) bond motifs is 1. The van der Waals surface area contributed by atoms with Crippen LogP contribution in [0.4, 0.5) is 19.0 Å². The quantitative estimate of drug-likeness (QED) is 0.512. The van der Waals surface area contributed by atoms with Crippen LogP contribution in [-0.4, -0.2) is 57.2 Å². The molecule has 1 fully saturated rings. The Morgan fingerprint density at radius 3 is 2.56 bits per heavy atom. The minimum Gasteiger partial charge on any atom is -0.436 e. The number of aromatic nitrogens is 2. The van der Waals surface area contributed by atoms with Gasteiger partial charge < -0.3 is 20.2 Å². The van der Waals surface area contributed by atoms with E-state index in [0.717, 1.165) is 50.2 Å². The summed E-state index contributed by atoms with van der Waals surface area (Å²) < 4.78 is 45.5. The number of rotatable bonds is 7. The van der Waals surface area contributed by atoms with Crippen molar-refractivity contribution in [2.45, 2.75) is 50.6 Å². The molecule has 1 aromatic carbocycles. The number of nitrogens with zero attached hydrogens (tertiary/aromatic N) is 4. The van der Waals surface area contributed by atoms with Gasteiger partial charge in [0.25, 0.3) is 0 Å². The fraction of sp³-hybridized carbons (Fsp3) is 0.571. The summed E-state index contributed by atoms with van der Waals surface area (Å²) in [5, 5.41) is 14.3.